The maximum atomic E-state index is 12.4. The number of carbonyl (C=O) groups excluding carboxylic acids is 1. The summed E-state index contributed by atoms with van der Waals surface area (Å²) in [6, 6.07) is 5.26. The normalized spacial score (nSPS) is 10.2. The maximum Gasteiger partial charge on any atom is 0.346 e. The van der Waals surface area contributed by atoms with Gasteiger partial charge in [-0.15, -0.1) is 0 Å². The van der Waals surface area contributed by atoms with Crippen molar-refractivity contribution in [3.63, 3.8) is 0 Å². The third kappa shape index (κ3) is 3.36. The molecule has 2 aromatic rings. The monoisotopic (exact) mass is 360 g/mol. The van der Waals surface area contributed by atoms with E-state index in [1.54, 1.807) is 0 Å². The Bertz CT molecular complexity index is 904. The minimum atomic E-state index is -1.58. The molecule has 11 nitrogen and oxygen atoms in total. The Balaban J connectivity index is 2.56. The smallest absolute Gasteiger partial charge is 0.346 e. The van der Waals surface area contributed by atoms with Gasteiger partial charge in [-0.2, -0.15) is 0 Å². The molecule has 0 heterocycles. The fraction of sp³-hybridized carbons (Fsp3) is 0. The molecule has 0 unspecified atom stereocenters. The van der Waals surface area contributed by atoms with Crippen LogP contribution in [0.2, 0.25) is 0 Å². The van der Waals surface area contributed by atoms with Crippen LogP contribution >= 0.6 is 0 Å². The van der Waals surface area contributed by atoms with Crippen molar-refractivity contribution < 1.29 is 34.4 Å². The summed E-state index contributed by atoms with van der Waals surface area (Å²) in [7, 11) is 0. The number of benzene rings is 2. The number of hydrogen-bond acceptors (Lipinski definition) is 7. The van der Waals surface area contributed by atoms with Gasteiger partial charge in [0.1, 0.15) is 0 Å². The summed E-state index contributed by atoms with van der Waals surface area (Å²) in [6.45, 7) is 0. The van der Waals surface area contributed by atoms with E-state index < -0.39 is 50.1 Å². The first-order valence-electron chi connectivity index (χ1n) is 6.71. The minimum Gasteiger partial charge on any atom is -0.478 e. The van der Waals surface area contributed by atoms with Crippen LogP contribution in [-0.4, -0.2) is 37.8 Å². The maximum absolute atomic E-state index is 12.4. The van der Waals surface area contributed by atoms with Gasteiger partial charge in [0.05, 0.1) is 21.0 Å². The van der Waals surface area contributed by atoms with E-state index in [4.69, 9.17) is 10.2 Å². The second-order valence-corrected chi connectivity index (χ2v) is 4.92. The zero-order valence-corrected chi connectivity index (χ0v) is 12.6. The quantitative estimate of drug-likeness (QED) is 0.443. The Hall–Kier alpha value is -4.15. The van der Waals surface area contributed by atoms with E-state index in [0.717, 1.165) is 30.3 Å². The van der Waals surface area contributed by atoms with Gasteiger partial charge >= 0.3 is 23.3 Å². The molecule has 0 aliphatic rings. The van der Waals surface area contributed by atoms with Crippen LogP contribution in [0.1, 0.15) is 36.6 Å². The number of carboxylic acids is 2. The minimum absolute atomic E-state index is 0.240. The van der Waals surface area contributed by atoms with E-state index >= 15 is 0 Å². The molecule has 0 bridgehead atoms. The molecule has 0 radical (unpaired) electrons. The molecule has 132 valence electrons. The lowest BCUT2D eigenvalue weighted by molar-refractivity contribution is -0.422. The van der Waals surface area contributed by atoms with E-state index in [1.807, 2.05) is 0 Å². The van der Waals surface area contributed by atoms with Gasteiger partial charge in [-0.25, -0.2) is 9.59 Å². The third-order valence-corrected chi connectivity index (χ3v) is 3.37. The van der Waals surface area contributed by atoms with Crippen LogP contribution in [0.5, 0.6) is 0 Å². The molecule has 0 amide bonds. The van der Waals surface area contributed by atoms with Crippen LogP contribution in [0.25, 0.3) is 0 Å². The molecule has 2 aromatic carbocycles. The number of ketones is 1. The van der Waals surface area contributed by atoms with Crippen molar-refractivity contribution in [1.29, 1.82) is 0 Å². The Labute approximate surface area is 143 Å². The fourth-order valence-corrected chi connectivity index (χ4v) is 2.18. The molecule has 0 atom stereocenters. The molecule has 0 aromatic heterocycles. The average molecular weight is 360 g/mol. The van der Waals surface area contributed by atoms with Crippen molar-refractivity contribution in [2.75, 3.05) is 0 Å². The van der Waals surface area contributed by atoms with Crippen molar-refractivity contribution in [3.05, 3.63) is 78.9 Å². The van der Waals surface area contributed by atoms with E-state index in [1.165, 1.54) is 0 Å². The molecule has 0 saturated heterocycles. The van der Waals surface area contributed by atoms with Crippen molar-refractivity contribution in [1.82, 2.24) is 0 Å². The molecule has 0 saturated carbocycles. The van der Waals surface area contributed by atoms with Crippen LogP contribution in [0.15, 0.2) is 36.4 Å². The lowest BCUT2D eigenvalue weighted by Crippen LogP contribution is -2.11. The van der Waals surface area contributed by atoms with E-state index in [0.29, 0.717) is 6.07 Å². The number of nitro benzene ring substituents is 2. The predicted molar refractivity (Wildman–Crippen MR) is 83.5 cm³/mol. The molecule has 0 spiro atoms. The van der Waals surface area contributed by atoms with Gasteiger partial charge in [0.2, 0.25) is 0 Å². The lowest BCUT2D eigenvalue weighted by Gasteiger charge is -2.06. The van der Waals surface area contributed by atoms with Gasteiger partial charge in [0.15, 0.2) is 5.78 Å². The van der Waals surface area contributed by atoms with Crippen LogP contribution in [0.3, 0.4) is 0 Å². The number of carbonyl (C=O) groups is 3. The van der Waals surface area contributed by atoms with Gasteiger partial charge in [-0.1, -0.05) is 6.07 Å². The Morgan fingerprint density at radius 2 is 1.23 bits per heavy atom. The summed E-state index contributed by atoms with van der Waals surface area (Å²) in [4.78, 5) is 54.3. The summed E-state index contributed by atoms with van der Waals surface area (Å²) in [5, 5.41) is 39.8. The van der Waals surface area contributed by atoms with E-state index in [9.17, 15) is 34.6 Å². The van der Waals surface area contributed by atoms with Gasteiger partial charge in [0.25, 0.3) is 0 Å². The number of aromatic carboxylic acids is 2. The first kappa shape index (κ1) is 18.2. The highest BCUT2D eigenvalue weighted by Crippen LogP contribution is 2.28. The zero-order valence-electron chi connectivity index (χ0n) is 12.6. The highest BCUT2D eigenvalue weighted by atomic mass is 16.6. The second kappa shape index (κ2) is 6.76. The molecular formula is C15H8N2O9. The summed E-state index contributed by atoms with van der Waals surface area (Å²) in [6.07, 6.45) is 0. The molecule has 26 heavy (non-hydrogen) atoms. The highest BCUT2D eigenvalue weighted by Gasteiger charge is 2.26. The van der Waals surface area contributed by atoms with E-state index in [-0.39, 0.29) is 11.1 Å². The molecule has 0 fully saturated rings. The predicted octanol–water partition coefficient (Wildman–Crippen LogP) is 2.13. The SMILES string of the molecule is O=C(c1ccc(C(=O)O)c(C(=O)O)c1)c1ccc([N+](=O)[O-])c([N+](=O)[O-])c1. The van der Waals surface area contributed by atoms with Crippen LogP contribution < -0.4 is 0 Å². The number of nitro groups is 2. The molecule has 0 aliphatic heterocycles. The van der Waals surface area contributed by atoms with E-state index in [2.05, 4.69) is 0 Å². The molecule has 2 rings (SSSR count). The summed E-state index contributed by atoms with van der Waals surface area (Å²) < 4.78 is 0. The van der Waals surface area contributed by atoms with Crippen LogP contribution in [0, 0.1) is 20.2 Å². The lowest BCUT2D eigenvalue weighted by atomic mass is 9.97. The molecule has 2 N–H and O–H groups in total. The fourth-order valence-electron chi connectivity index (χ4n) is 2.18. The molecular weight excluding hydrogens is 352 g/mol. The number of carboxylic acid groups (broad SMARTS) is 2. The van der Waals surface area contributed by atoms with Gasteiger partial charge in [0, 0.05) is 23.3 Å². The summed E-state index contributed by atoms with van der Waals surface area (Å²) in [5.41, 5.74) is -3.42. The second-order valence-electron chi connectivity index (χ2n) is 4.92. The van der Waals surface area contributed by atoms with Crippen molar-refractivity contribution in [2.45, 2.75) is 0 Å². The van der Waals surface area contributed by atoms with Gasteiger partial charge in [-0.3, -0.25) is 25.0 Å². The number of rotatable bonds is 6. The zero-order chi connectivity index (χ0) is 19.6. The standard InChI is InChI=1S/C15H8N2O9/c18-13(7-1-3-9(14(19)20)10(5-7)15(21)22)8-2-4-11(16(23)24)12(6-8)17(25)26/h1-6H,(H,19,20)(H,21,22). The number of hydrogen-bond donors (Lipinski definition) is 2. The number of nitrogens with zero attached hydrogens (tertiary/aromatic N) is 2. The summed E-state index contributed by atoms with van der Waals surface area (Å²) >= 11 is 0. The first-order chi connectivity index (χ1) is 12.1. The van der Waals surface area contributed by atoms with Crippen LogP contribution in [0.4, 0.5) is 11.4 Å². The Kier molecular flexibility index (Phi) is 4.73. The highest BCUT2D eigenvalue weighted by molar-refractivity contribution is 6.11. The van der Waals surface area contributed by atoms with Crippen molar-refractivity contribution in [2.24, 2.45) is 0 Å². The Morgan fingerprint density at radius 3 is 1.73 bits per heavy atom. The third-order valence-electron chi connectivity index (χ3n) is 3.37. The summed E-state index contributed by atoms with van der Waals surface area (Å²) in [5.74, 6) is -3.94. The average Bonchev–Trinajstić information content (AvgIpc) is 2.59. The molecule has 11 heteroatoms. The topological polar surface area (TPSA) is 178 Å². The largest absolute Gasteiger partial charge is 0.478 e. The Morgan fingerprint density at radius 1 is 0.731 bits per heavy atom. The van der Waals surface area contributed by atoms with Gasteiger partial charge in [-0.05, 0) is 18.2 Å². The van der Waals surface area contributed by atoms with Gasteiger partial charge < -0.3 is 10.2 Å². The van der Waals surface area contributed by atoms with Crippen molar-refractivity contribution in [3.8, 4) is 0 Å². The van der Waals surface area contributed by atoms with Crippen LogP contribution in [-0.2, 0) is 0 Å². The first-order valence-corrected chi connectivity index (χ1v) is 6.71. The van der Waals surface area contributed by atoms with Crippen molar-refractivity contribution >= 4 is 29.1 Å². The molecule has 0 aliphatic carbocycles.